The lowest BCUT2D eigenvalue weighted by atomic mass is 9.84. The van der Waals surface area contributed by atoms with Gasteiger partial charge in [-0.15, -0.1) is 0 Å². The van der Waals surface area contributed by atoms with Crippen LogP contribution < -0.4 is 4.90 Å². The van der Waals surface area contributed by atoms with E-state index in [1.165, 1.54) is 29.1 Å². The lowest BCUT2D eigenvalue weighted by Gasteiger charge is -2.39. The number of para-hydroxylation sites is 1. The predicted molar refractivity (Wildman–Crippen MR) is 144 cm³/mol. The van der Waals surface area contributed by atoms with E-state index in [9.17, 15) is 10.1 Å². The van der Waals surface area contributed by atoms with Crippen LogP contribution in [-0.4, -0.2) is 47.8 Å². The number of non-ortho nitro benzene ring substituents is 1. The van der Waals surface area contributed by atoms with Crippen molar-refractivity contribution in [2.45, 2.75) is 33.1 Å². The number of rotatable bonds is 5. The molecular formula is C24H30BrN6O2P. The summed E-state index contributed by atoms with van der Waals surface area (Å²) in [5, 5.41) is 17.2. The Bertz CT molecular complexity index is 1270. The smallest absolute Gasteiger partial charge is 0.270 e. The zero-order valence-corrected chi connectivity index (χ0v) is 22.8. The SMILES string of the molecule is CCN(CC)[P@]1(=Nc2ccc([N+](=O)[O-])cc2Br)/C(=C2\N(C)c3ccccc3C2(C)C)C=NN1C. The Balaban J connectivity index is 2.05. The number of nitro groups is 1. The lowest BCUT2D eigenvalue weighted by Crippen LogP contribution is -2.30. The first-order valence-electron chi connectivity index (χ1n) is 11.3. The van der Waals surface area contributed by atoms with Crippen LogP contribution in [0, 0.1) is 10.1 Å². The first-order valence-corrected chi connectivity index (χ1v) is 13.7. The first kappa shape index (κ1) is 24.6. The van der Waals surface area contributed by atoms with E-state index in [4.69, 9.17) is 9.85 Å². The van der Waals surface area contributed by atoms with Gasteiger partial charge in [0.1, 0.15) is 0 Å². The topological polar surface area (TPSA) is 77.6 Å². The van der Waals surface area contributed by atoms with Crippen LogP contribution in [0.1, 0.15) is 33.3 Å². The fourth-order valence-corrected chi connectivity index (χ4v) is 9.40. The molecule has 0 saturated heterocycles. The van der Waals surface area contributed by atoms with Crippen LogP contribution in [0.25, 0.3) is 0 Å². The zero-order chi connectivity index (χ0) is 24.8. The van der Waals surface area contributed by atoms with E-state index in [0.29, 0.717) is 10.2 Å². The molecule has 0 unspecified atom stereocenters. The molecule has 2 aromatic rings. The van der Waals surface area contributed by atoms with Crippen molar-refractivity contribution in [2.24, 2.45) is 9.85 Å². The van der Waals surface area contributed by atoms with Gasteiger partial charge in [-0.2, -0.15) is 5.10 Å². The van der Waals surface area contributed by atoms with Gasteiger partial charge in [-0.05, 0) is 33.6 Å². The Morgan fingerprint density at radius 1 is 1.18 bits per heavy atom. The molecule has 0 amide bonds. The third-order valence-electron chi connectivity index (χ3n) is 6.70. The van der Waals surface area contributed by atoms with Crippen molar-refractivity contribution < 1.29 is 4.92 Å². The third kappa shape index (κ3) is 3.61. The highest BCUT2D eigenvalue weighted by atomic mass is 79.9. The average Bonchev–Trinajstić information content (AvgIpc) is 3.21. The minimum absolute atomic E-state index is 0.0303. The fraction of sp³-hybridized carbons (Fsp3) is 0.375. The second kappa shape index (κ2) is 8.95. The Hall–Kier alpha value is -2.48. The van der Waals surface area contributed by atoms with Gasteiger partial charge in [-0.3, -0.25) is 10.1 Å². The van der Waals surface area contributed by atoms with Crippen LogP contribution in [-0.2, 0) is 5.41 Å². The monoisotopic (exact) mass is 544 g/mol. The van der Waals surface area contributed by atoms with Gasteiger partial charge in [0.2, 0.25) is 0 Å². The molecule has 180 valence electrons. The normalized spacial score (nSPS) is 23.1. The molecular weight excluding hydrogens is 515 g/mol. The van der Waals surface area contributed by atoms with E-state index in [1.54, 1.807) is 6.07 Å². The molecule has 0 spiro atoms. The molecule has 4 rings (SSSR count). The molecule has 2 aromatic carbocycles. The Kier molecular flexibility index (Phi) is 6.48. The van der Waals surface area contributed by atoms with Gasteiger partial charge in [-0.25, -0.2) is 14.2 Å². The van der Waals surface area contributed by atoms with Crippen LogP contribution in [0.3, 0.4) is 0 Å². The van der Waals surface area contributed by atoms with Gasteiger partial charge in [0.25, 0.3) is 5.69 Å². The maximum atomic E-state index is 11.3. The van der Waals surface area contributed by atoms with E-state index in [1.807, 2.05) is 18.0 Å². The van der Waals surface area contributed by atoms with Crippen LogP contribution in [0.5, 0.6) is 0 Å². The second-order valence-electron chi connectivity index (χ2n) is 8.87. The predicted octanol–water partition coefficient (Wildman–Crippen LogP) is 6.93. The van der Waals surface area contributed by atoms with Crippen molar-refractivity contribution in [2.75, 3.05) is 32.1 Å². The highest BCUT2D eigenvalue weighted by molar-refractivity contribution is 9.10. The van der Waals surface area contributed by atoms with Crippen molar-refractivity contribution in [1.29, 1.82) is 0 Å². The number of nitrogens with zero attached hydrogens (tertiary/aromatic N) is 6. The minimum Gasteiger partial charge on any atom is -0.346 e. The van der Waals surface area contributed by atoms with Gasteiger partial charge in [0.15, 0.2) is 7.36 Å². The summed E-state index contributed by atoms with van der Waals surface area (Å²) in [7, 11) is 1.56. The number of allylic oxidation sites excluding steroid dienone is 2. The summed E-state index contributed by atoms with van der Waals surface area (Å²) in [6.45, 7) is 10.4. The molecule has 34 heavy (non-hydrogen) atoms. The van der Waals surface area contributed by atoms with E-state index in [0.717, 1.165) is 18.4 Å². The van der Waals surface area contributed by atoms with E-state index < -0.39 is 12.3 Å². The average molecular weight is 545 g/mol. The Labute approximate surface area is 209 Å². The summed E-state index contributed by atoms with van der Waals surface area (Å²) in [4.78, 5) is 13.2. The number of hydrogen-bond donors (Lipinski definition) is 0. The number of hydrazone groups is 1. The van der Waals surface area contributed by atoms with E-state index in [-0.39, 0.29) is 11.1 Å². The number of nitro benzene ring substituents is 1. The van der Waals surface area contributed by atoms with Crippen molar-refractivity contribution in [1.82, 2.24) is 9.45 Å². The molecule has 8 nitrogen and oxygen atoms in total. The van der Waals surface area contributed by atoms with Crippen molar-refractivity contribution >= 4 is 46.6 Å². The highest BCUT2D eigenvalue weighted by Crippen LogP contribution is 2.69. The number of hydrogen-bond acceptors (Lipinski definition) is 5. The Morgan fingerprint density at radius 3 is 2.44 bits per heavy atom. The van der Waals surface area contributed by atoms with Crippen molar-refractivity contribution in [3.05, 3.63) is 73.6 Å². The van der Waals surface area contributed by atoms with Crippen LogP contribution in [0.4, 0.5) is 17.1 Å². The number of benzene rings is 2. The van der Waals surface area contributed by atoms with Crippen LogP contribution in [0.2, 0.25) is 0 Å². The standard InChI is InChI=1S/C24H30BrN6O2P/c1-7-30(8-2)34(27-20-14-13-17(31(32)33)15-19(20)25)22(16-26-29(34)6)23-24(3,4)18-11-9-10-12-21(18)28(23)5/h9-16H,7-8H2,1-6H3/b23-22-/t34-/m0/s1. The second-order valence-corrected chi connectivity index (χ2v) is 12.7. The maximum Gasteiger partial charge on any atom is 0.270 e. The van der Waals surface area contributed by atoms with Gasteiger partial charge in [0.05, 0.1) is 26.6 Å². The summed E-state index contributed by atoms with van der Waals surface area (Å²) in [6, 6.07) is 13.2. The van der Waals surface area contributed by atoms with Gasteiger partial charge < -0.3 is 4.90 Å². The molecule has 0 aromatic heterocycles. The fourth-order valence-electron chi connectivity index (χ4n) is 5.08. The van der Waals surface area contributed by atoms with Crippen molar-refractivity contribution in [3.63, 3.8) is 0 Å². The molecule has 10 heteroatoms. The maximum absolute atomic E-state index is 11.3. The number of fused-ring (bicyclic) bond motifs is 1. The van der Waals surface area contributed by atoms with Gasteiger partial charge >= 0.3 is 0 Å². The number of anilines is 1. The highest BCUT2D eigenvalue weighted by Gasteiger charge is 2.47. The minimum atomic E-state index is -2.53. The largest absolute Gasteiger partial charge is 0.346 e. The van der Waals surface area contributed by atoms with Crippen molar-refractivity contribution in [3.8, 4) is 0 Å². The third-order valence-corrected chi connectivity index (χ3v) is 11.1. The van der Waals surface area contributed by atoms with Crippen LogP contribution >= 0.6 is 23.3 Å². The van der Waals surface area contributed by atoms with E-state index >= 15 is 0 Å². The molecule has 0 radical (unpaired) electrons. The zero-order valence-electron chi connectivity index (χ0n) is 20.4. The molecule has 2 aliphatic rings. The van der Waals surface area contributed by atoms with Crippen LogP contribution in [0.15, 0.2) is 67.8 Å². The van der Waals surface area contributed by atoms with Gasteiger partial charge in [-0.1, -0.05) is 45.9 Å². The molecule has 2 aliphatic heterocycles. The summed E-state index contributed by atoms with van der Waals surface area (Å²) < 4.78 is 10.4. The molecule has 1 atom stereocenters. The summed E-state index contributed by atoms with van der Waals surface area (Å²) in [5.41, 5.74) is 4.12. The molecule has 0 saturated carbocycles. The molecule has 0 aliphatic carbocycles. The van der Waals surface area contributed by atoms with Gasteiger partial charge in [0, 0.05) is 56.1 Å². The number of halogens is 1. The summed E-state index contributed by atoms with van der Waals surface area (Å²) in [5.74, 6) is 0. The number of likely N-dealkylation sites (N-methyl/N-ethyl adjacent to an activating group) is 1. The summed E-state index contributed by atoms with van der Waals surface area (Å²) >= 11 is 3.54. The molecule has 0 N–H and O–H groups in total. The summed E-state index contributed by atoms with van der Waals surface area (Å²) in [6.07, 6.45) is 1.97. The molecule has 0 bridgehead atoms. The first-order chi connectivity index (χ1) is 16.1. The quantitative estimate of drug-likeness (QED) is 0.231. The lowest BCUT2D eigenvalue weighted by molar-refractivity contribution is -0.384. The molecule has 2 heterocycles. The van der Waals surface area contributed by atoms with E-state index in [2.05, 4.69) is 84.5 Å². The molecule has 0 fully saturated rings. The Morgan fingerprint density at radius 2 is 1.85 bits per heavy atom.